The van der Waals surface area contributed by atoms with Crippen molar-refractivity contribution in [1.29, 1.82) is 5.26 Å². The summed E-state index contributed by atoms with van der Waals surface area (Å²) in [6, 6.07) is 7.80. The number of benzene rings is 1. The van der Waals surface area contributed by atoms with Gasteiger partial charge in [0.2, 0.25) is 0 Å². The lowest BCUT2D eigenvalue weighted by molar-refractivity contribution is 0.206. The zero-order valence-corrected chi connectivity index (χ0v) is 11.4. The van der Waals surface area contributed by atoms with E-state index in [0.29, 0.717) is 12.2 Å². The van der Waals surface area contributed by atoms with Gasteiger partial charge in [-0.2, -0.15) is 5.26 Å². The molecule has 1 aromatic carbocycles. The molecule has 0 radical (unpaired) electrons. The van der Waals surface area contributed by atoms with Gasteiger partial charge in [-0.25, -0.2) is 0 Å². The molecule has 0 saturated carbocycles. The van der Waals surface area contributed by atoms with Crippen LogP contribution in [0.1, 0.15) is 5.56 Å². The van der Waals surface area contributed by atoms with E-state index in [1.54, 1.807) is 13.2 Å². The standard InChI is InChI=1S/C13H15BrN2O/c1-3-4-16(5-6-17-2)13-8-11(10-15)7-12(14)9-13/h3,7-9H,1,4-6H2,2H3. The molecule has 0 unspecified atom stereocenters. The Bertz CT molecular complexity index is 426. The number of nitriles is 1. The number of nitrogens with zero attached hydrogens (tertiary/aromatic N) is 2. The van der Waals surface area contributed by atoms with Crippen LogP contribution in [0.4, 0.5) is 5.69 Å². The van der Waals surface area contributed by atoms with Crippen molar-refractivity contribution in [1.82, 2.24) is 0 Å². The molecule has 1 aromatic rings. The van der Waals surface area contributed by atoms with Crippen LogP contribution in [0.25, 0.3) is 0 Å². The van der Waals surface area contributed by atoms with Crippen LogP contribution in [0.15, 0.2) is 35.3 Å². The van der Waals surface area contributed by atoms with Crippen molar-refractivity contribution in [3.05, 3.63) is 40.9 Å². The number of hydrogen-bond acceptors (Lipinski definition) is 3. The van der Waals surface area contributed by atoms with E-state index < -0.39 is 0 Å². The van der Waals surface area contributed by atoms with Crippen LogP contribution in [-0.4, -0.2) is 26.8 Å². The third-order valence-corrected chi connectivity index (χ3v) is 2.75. The van der Waals surface area contributed by atoms with E-state index in [9.17, 15) is 0 Å². The third-order valence-electron chi connectivity index (χ3n) is 2.29. The Hall–Kier alpha value is -1.31. The highest BCUT2D eigenvalue weighted by Crippen LogP contribution is 2.22. The van der Waals surface area contributed by atoms with Crippen molar-refractivity contribution in [2.45, 2.75) is 0 Å². The van der Waals surface area contributed by atoms with Crippen molar-refractivity contribution in [2.24, 2.45) is 0 Å². The van der Waals surface area contributed by atoms with Gasteiger partial charge in [0.15, 0.2) is 0 Å². The van der Waals surface area contributed by atoms with Crippen molar-refractivity contribution in [3.63, 3.8) is 0 Å². The second kappa shape index (κ2) is 7.10. The molecule has 0 bridgehead atoms. The maximum Gasteiger partial charge on any atom is 0.0992 e. The van der Waals surface area contributed by atoms with Crippen LogP contribution in [0.5, 0.6) is 0 Å². The highest BCUT2D eigenvalue weighted by Gasteiger charge is 2.07. The number of hydrogen-bond donors (Lipinski definition) is 0. The van der Waals surface area contributed by atoms with Gasteiger partial charge >= 0.3 is 0 Å². The molecule has 0 aromatic heterocycles. The second-order valence-corrected chi connectivity index (χ2v) is 4.45. The Morgan fingerprint density at radius 2 is 2.29 bits per heavy atom. The maximum absolute atomic E-state index is 8.94. The molecule has 0 fully saturated rings. The number of ether oxygens (including phenoxy) is 1. The van der Waals surface area contributed by atoms with Crippen LogP contribution in [-0.2, 0) is 4.74 Å². The molecular weight excluding hydrogens is 280 g/mol. The van der Waals surface area contributed by atoms with E-state index in [1.165, 1.54) is 0 Å². The zero-order valence-electron chi connectivity index (χ0n) is 9.82. The average molecular weight is 295 g/mol. The summed E-state index contributed by atoms with van der Waals surface area (Å²) in [5.74, 6) is 0. The minimum Gasteiger partial charge on any atom is -0.383 e. The van der Waals surface area contributed by atoms with Gasteiger partial charge in [-0.15, -0.1) is 6.58 Å². The molecule has 0 spiro atoms. The van der Waals surface area contributed by atoms with Gasteiger partial charge in [-0.05, 0) is 18.2 Å². The summed E-state index contributed by atoms with van der Waals surface area (Å²) in [5.41, 5.74) is 1.63. The maximum atomic E-state index is 8.94. The Balaban J connectivity index is 2.96. The topological polar surface area (TPSA) is 36.3 Å². The van der Waals surface area contributed by atoms with Crippen molar-refractivity contribution in [2.75, 3.05) is 31.7 Å². The van der Waals surface area contributed by atoms with Crippen molar-refractivity contribution < 1.29 is 4.74 Å². The molecule has 0 atom stereocenters. The average Bonchev–Trinajstić information content (AvgIpc) is 2.33. The van der Waals surface area contributed by atoms with Gasteiger partial charge in [0, 0.05) is 30.4 Å². The lowest BCUT2D eigenvalue weighted by atomic mass is 10.2. The first-order chi connectivity index (χ1) is 8.21. The summed E-state index contributed by atoms with van der Waals surface area (Å²) in [4.78, 5) is 2.11. The molecule has 0 aliphatic rings. The minimum absolute atomic E-state index is 0.640. The lowest BCUT2D eigenvalue weighted by Crippen LogP contribution is -2.27. The van der Waals surface area contributed by atoms with E-state index >= 15 is 0 Å². The van der Waals surface area contributed by atoms with E-state index in [-0.39, 0.29) is 0 Å². The fourth-order valence-corrected chi connectivity index (χ4v) is 1.99. The summed E-state index contributed by atoms with van der Waals surface area (Å²) < 4.78 is 5.98. The van der Waals surface area contributed by atoms with Crippen LogP contribution < -0.4 is 4.90 Å². The SMILES string of the molecule is C=CCN(CCOC)c1cc(Br)cc(C#N)c1. The predicted octanol–water partition coefficient (Wildman–Crippen LogP) is 2.96. The lowest BCUT2D eigenvalue weighted by Gasteiger charge is -2.23. The van der Waals surface area contributed by atoms with Crippen LogP contribution in [0.2, 0.25) is 0 Å². The highest BCUT2D eigenvalue weighted by atomic mass is 79.9. The molecule has 4 heteroatoms. The van der Waals surface area contributed by atoms with Gasteiger partial charge in [0.05, 0.1) is 18.2 Å². The molecule has 90 valence electrons. The Morgan fingerprint density at radius 3 is 2.88 bits per heavy atom. The quantitative estimate of drug-likeness (QED) is 0.757. The van der Waals surface area contributed by atoms with E-state index in [1.807, 2.05) is 18.2 Å². The van der Waals surface area contributed by atoms with Gasteiger partial charge in [-0.3, -0.25) is 0 Å². The fourth-order valence-electron chi connectivity index (χ4n) is 1.50. The molecule has 0 saturated heterocycles. The molecule has 17 heavy (non-hydrogen) atoms. The summed E-state index contributed by atoms with van der Waals surface area (Å²) >= 11 is 3.41. The second-order valence-electron chi connectivity index (χ2n) is 3.54. The van der Waals surface area contributed by atoms with Gasteiger partial charge < -0.3 is 9.64 Å². The number of halogens is 1. The first-order valence-electron chi connectivity index (χ1n) is 5.26. The minimum atomic E-state index is 0.640. The van der Waals surface area contributed by atoms with E-state index in [4.69, 9.17) is 10.00 Å². The largest absolute Gasteiger partial charge is 0.383 e. The smallest absolute Gasteiger partial charge is 0.0992 e. The highest BCUT2D eigenvalue weighted by molar-refractivity contribution is 9.10. The third kappa shape index (κ3) is 4.22. The summed E-state index contributed by atoms with van der Waals surface area (Å²) in [5, 5.41) is 8.94. The van der Waals surface area contributed by atoms with Crippen LogP contribution in [0, 0.1) is 11.3 Å². The Labute approximate surface area is 110 Å². The first-order valence-corrected chi connectivity index (χ1v) is 6.06. The van der Waals surface area contributed by atoms with E-state index in [0.717, 1.165) is 23.2 Å². The molecule has 0 heterocycles. The number of rotatable bonds is 6. The fraction of sp³-hybridized carbons (Fsp3) is 0.308. The van der Waals surface area contributed by atoms with Crippen LogP contribution >= 0.6 is 15.9 Å². The molecular formula is C13H15BrN2O. The zero-order chi connectivity index (χ0) is 12.7. The van der Waals surface area contributed by atoms with Crippen molar-refractivity contribution >= 4 is 21.6 Å². The Kier molecular flexibility index (Phi) is 5.75. The molecule has 1 rings (SSSR count). The molecule has 0 amide bonds. The van der Waals surface area contributed by atoms with Crippen LogP contribution in [0.3, 0.4) is 0 Å². The van der Waals surface area contributed by atoms with E-state index in [2.05, 4.69) is 33.5 Å². The van der Waals surface area contributed by atoms with Gasteiger partial charge in [-0.1, -0.05) is 22.0 Å². The van der Waals surface area contributed by atoms with Gasteiger partial charge in [0.1, 0.15) is 0 Å². The normalized spacial score (nSPS) is 9.71. The molecule has 0 aliphatic heterocycles. The first kappa shape index (κ1) is 13.8. The molecule has 3 nitrogen and oxygen atoms in total. The molecule has 0 N–H and O–H groups in total. The number of anilines is 1. The summed E-state index contributed by atoms with van der Waals surface area (Å²) in [7, 11) is 1.67. The van der Waals surface area contributed by atoms with Crippen molar-refractivity contribution in [3.8, 4) is 6.07 Å². The monoisotopic (exact) mass is 294 g/mol. The predicted molar refractivity (Wildman–Crippen MR) is 73.1 cm³/mol. The molecule has 0 aliphatic carbocycles. The summed E-state index contributed by atoms with van der Waals surface area (Å²) in [6.45, 7) is 5.88. The number of methoxy groups -OCH3 is 1. The summed E-state index contributed by atoms with van der Waals surface area (Å²) in [6.07, 6.45) is 1.84. The Morgan fingerprint density at radius 1 is 1.53 bits per heavy atom. The van der Waals surface area contributed by atoms with Gasteiger partial charge in [0.25, 0.3) is 0 Å².